The maximum atomic E-state index is 13.0. The van der Waals surface area contributed by atoms with Crippen molar-refractivity contribution >= 4 is 35.1 Å². The average molecular weight is 449 g/mol. The highest BCUT2D eigenvalue weighted by Crippen LogP contribution is 2.31. The van der Waals surface area contributed by atoms with Gasteiger partial charge >= 0.3 is 0 Å². The van der Waals surface area contributed by atoms with Crippen LogP contribution in [0.15, 0.2) is 58.5 Å². The summed E-state index contributed by atoms with van der Waals surface area (Å²) in [5.41, 5.74) is 3.56. The molecule has 0 fully saturated rings. The molecule has 0 saturated carbocycles. The molecule has 0 spiro atoms. The number of nitrogens with zero attached hydrogens (tertiary/aromatic N) is 1. The molecule has 7 nitrogen and oxygen atoms in total. The molecule has 0 aliphatic carbocycles. The van der Waals surface area contributed by atoms with Crippen molar-refractivity contribution < 1.29 is 9.59 Å². The zero-order valence-corrected chi connectivity index (χ0v) is 18.7. The second-order valence-electron chi connectivity index (χ2n) is 7.83. The number of amides is 2. The number of thioether (sulfide) groups is 1. The van der Waals surface area contributed by atoms with Crippen LogP contribution in [0.25, 0.3) is 0 Å². The Balaban J connectivity index is 1.54. The Morgan fingerprint density at radius 1 is 1.16 bits per heavy atom. The first-order valence-electron chi connectivity index (χ1n) is 10.4. The Morgan fingerprint density at radius 2 is 1.94 bits per heavy atom. The third kappa shape index (κ3) is 4.91. The van der Waals surface area contributed by atoms with Gasteiger partial charge in [0.1, 0.15) is 5.82 Å². The molecule has 2 amide bonds. The average Bonchev–Trinajstić information content (AvgIpc) is 2.76. The molecule has 3 aromatic rings. The number of aromatic nitrogens is 2. The van der Waals surface area contributed by atoms with E-state index in [2.05, 4.69) is 20.6 Å². The van der Waals surface area contributed by atoms with Crippen molar-refractivity contribution in [2.24, 2.45) is 0 Å². The van der Waals surface area contributed by atoms with Crippen LogP contribution < -0.4 is 16.2 Å². The molecule has 4 rings (SSSR count). The minimum absolute atomic E-state index is 0.102. The third-order valence-corrected chi connectivity index (χ3v) is 6.24. The molecule has 8 heteroatoms. The van der Waals surface area contributed by atoms with Gasteiger partial charge in [-0.05, 0) is 43.0 Å². The molecular weight excluding hydrogens is 424 g/mol. The van der Waals surface area contributed by atoms with Gasteiger partial charge < -0.3 is 15.6 Å². The van der Waals surface area contributed by atoms with E-state index in [1.54, 1.807) is 0 Å². The van der Waals surface area contributed by atoms with Crippen LogP contribution in [-0.4, -0.2) is 27.5 Å². The van der Waals surface area contributed by atoms with Crippen molar-refractivity contribution in [3.8, 4) is 0 Å². The van der Waals surface area contributed by atoms with E-state index in [1.165, 1.54) is 17.3 Å². The summed E-state index contributed by atoms with van der Waals surface area (Å²) in [5, 5.41) is 5.94. The van der Waals surface area contributed by atoms with Gasteiger partial charge in [-0.2, -0.15) is 0 Å². The van der Waals surface area contributed by atoms with Crippen LogP contribution in [0.4, 0.5) is 11.5 Å². The summed E-state index contributed by atoms with van der Waals surface area (Å²) in [6.07, 6.45) is 0.717. The maximum Gasteiger partial charge on any atom is 0.257 e. The summed E-state index contributed by atoms with van der Waals surface area (Å²) in [6.45, 7) is 3.83. The Bertz CT molecular complexity index is 1220. The predicted octanol–water partition coefficient (Wildman–Crippen LogP) is 3.79. The van der Waals surface area contributed by atoms with Gasteiger partial charge in [0.05, 0.1) is 11.5 Å². The summed E-state index contributed by atoms with van der Waals surface area (Å²) >= 11 is 1.40. The summed E-state index contributed by atoms with van der Waals surface area (Å²) in [5.74, 6) is -0.758. The molecule has 2 heterocycles. The lowest BCUT2D eigenvalue weighted by Crippen LogP contribution is -2.36. The van der Waals surface area contributed by atoms with Crippen LogP contribution in [0.1, 0.15) is 34.6 Å². The zero-order chi connectivity index (χ0) is 22.7. The fourth-order valence-electron chi connectivity index (χ4n) is 3.64. The smallest absolute Gasteiger partial charge is 0.257 e. The molecule has 0 saturated heterocycles. The molecule has 164 valence electrons. The van der Waals surface area contributed by atoms with E-state index in [-0.39, 0.29) is 23.7 Å². The molecule has 2 aromatic carbocycles. The number of hydrogen-bond acceptors (Lipinski definition) is 5. The van der Waals surface area contributed by atoms with Crippen LogP contribution in [0.5, 0.6) is 0 Å². The van der Waals surface area contributed by atoms with Crippen LogP contribution in [-0.2, 0) is 16.0 Å². The molecule has 32 heavy (non-hydrogen) atoms. The highest BCUT2D eigenvalue weighted by molar-refractivity contribution is 7.99. The Hall–Kier alpha value is -3.39. The van der Waals surface area contributed by atoms with Crippen LogP contribution >= 0.6 is 11.8 Å². The van der Waals surface area contributed by atoms with E-state index in [9.17, 15) is 14.4 Å². The van der Waals surface area contributed by atoms with E-state index in [1.807, 2.05) is 62.4 Å². The second kappa shape index (κ2) is 9.40. The van der Waals surface area contributed by atoms with E-state index in [0.717, 1.165) is 23.3 Å². The summed E-state index contributed by atoms with van der Waals surface area (Å²) in [4.78, 5) is 45.4. The van der Waals surface area contributed by atoms with E-state index in [4.69, 9.17) is 0 Å². The second-order valence-corrected chi connectivity index (χ2v) is 8.91. The summed E-state index contributed by atoms with van der Waals surface area (Å²) in [6, 6.07) is 15.8. The van der Waals surface area contributed by atoms with Crippen molar-refractivity contribution in [1.82, 2.24) is 9.97 Å². The highest BCUT2D eigenvalue weighted by atomic mass is 32.2. The first-order chi connectivity index (χ1) is 15.4. The number of carbonyl (C=O) groups excluding carboxylic acids is 2. The number of aryl methyl sites for hydroxylation is 3. The van der Waals surface area contributed by atoms with Gasteiger partial charge in [-0.25, -0.2) is 4.98 Å². The van der Waals surface area contributed by atoms with Gasteiger partial charge in [-0.3, -0.25) is 14.4 Å². The zero-order valence-electron chi connectivity index (χ0n) is 17.9. The van der Waals surface area contributed by atoms with Crippen molar-refractivity contribution in [3.63, 3.8) is 0 Å². The Kier molecular flexibility index (Phi) is 6.41. The van der Waals surface area contributed by atoms with E-state index < -0.39 is 17.4 Å². The number of fused-ring (bicyclic) bond motifs is 1. The van der Waals surface area contributed by atoms with Gasteiger partial charge in [-0.15, -0.1) is 0 Å². The minimum atomic E-state index is -0.904. The number of rotatable bonds is 6. The maximum absolute atomic E-state index is 13.0. The molecule has 1 aromatic heterocycles. The predicted molar refractivity (Wildman–Crippen MR) is 126 cm³/mol. The van der Waals surface area contributed by atoms with Gasteiger partial charge in [0.2, 0.25) is 11.8 Å². The van der Waals surface area contributed by atoms with Crippen LogP contribution in [0.3, 0.4) is 0 Å². The summed E-state index contributed by atoms with van der Waals surface area (Å²) < 4.78 is 0. The fraction of sp³-hybridized carbons (Fsp3) is 0.250. The number of H-pyrrole nitrogens is 1. The molecule has 0 radical (unpaired) electrons. The number of carbonyl (C=O) groups is 2. The number of nitrogens with one attached hydrogen (secondary N) is 3. The first kappa shape index (κ1) is 21.8. The number of hydrogen-bond donors (Lipinski definition) is 3. The Morgan fingerprint density at radius 3 is 2.72 bits per heavy atom. The van der Waals surface area contributed by atoms with Crippen molar-refractivity contribution in [3.05, 3.63) is 81.1 Å². The van der Waals surface area contributed by atoms with Gasteiger partial charge in [-0.1, -0.05) is 54.2 Å². The highest BCUT2D eigenvalue weighted by Gasteiger charge is 2.35. The normalized spacial score (nSPS) is 15.1. The molecular formula is C24H24N4O3S. The van der Waals surface area contributed by atoms with Gasteiger partial charge in [0, 0.05) is 17.9 Å². The van der Waals surface area contributed by atoms with Crippen molar-refractivity contribution in [1.29, 1.82) is 0 Å². The standard InChI is InChI=1S/C24H24N4O3S/c1-14-8-9-15(2)18(12-14)25-22(30)17-13-19(29)26-21-20(17)23(31)28-24(27-21)32-11-10-16-6-4-3-5-7-16/h3-9,12,17H,10-11,13H2,1-2H3,(H,25,30)(H2,26,27,28,29,31)/t17-/m0/s1. The molecule has 3 N–H and O–H groups in total. The molecule has 1 aliphatic heterocycles. The summed E-state index contributed by atoms with van der Waals surface area (Å²) in [7, 11) is 0. The van der Waals surface area contributed by atoms with Crippen LogP contribution in [0, 0.1) is 13.8 Å². The van der Waals surface area contributed by atoms with Crippen molar-refractivity contribution in [2.45, 2.75) is 37.8 Å². The van der Waals surface area contributed by atoms with E-state index in [0.29, 0.717) is 10.8 Å². The van der Waals surface area contributed by atoms with Gasteiger partial charge in [0.15, 0.2) is 5.16 Å². The lowest BCUT2D eigenvalue weighted by molar-refractivity contribution is -0.123. The van der Waals surface area contributed by atoms with Gasteiger partial charge in [0.25, 0.3) is 5.56 Å². The largest absolute Gasteiger partial charge is 0.325 e. The lowest BCUT2D eigenvalue weighted by atomic mass is 9.92. The van der Waals surface area contributed by atoms with Crippen molar-refractivity contribution in [2.75, 3.05) is 16.4 Å². The quantitative estimate of drug-likeness (QED) is 0.393. The molecule has 0 unspecified atom stereocenters. The lowest BCUT2D eigenvalue weighted by Gasteiger charge is -2.24. The van der Waals surface area contributed by atoms with E-state index >= 15 is 0 Å². The molecule has 0 bridgehead atoms. The topological polar surface area (TPSA) is 104 Å². The SMILES string of the molecule is Cc1ccc(C)c(NC(=O)[C@H]2CC(=O)Nc3nc(SCCc4ccccc4)[nH]c(=O)c32)c1. The fourth-order valence-corrected chi connectivity index (χ4v) is 4.50. The number of benzene rings is 2. The third-order valence-electron chi connectivity index (χ3n) is 5.37. The first-order valence-corrected chi connectivity index (χ1v) is 11.4. The minimum Gasteiger partial charge on any atom is -0.325 e. The van der Waals surface area contributed by atoms with Crippen LogP contribution in [0.2, 0.25) is 0 Å². The molecule has 1 aliphatic rings. The molecule has 1 atom stereocenters. The monoisotopic (exact) mass is 448 g/mol. The number of aromatic amines is 1. The Labute approximate surface area is 190 Å². The number of anilines is 2.